The molecular weight excluding hydrogens is 350 g/mol. The lowest BCUT2D eigenvalue weighted by molar-refractivity contribution is -0.142. The van der Waals surface area contributed by atoms with Gasteiger partial charge in [0.15, 0.2) is 0 Å². The van der Waals surface area contributed by atoms with Crippen LogP contribution in [0.2, 0.25) is 0 Å². The van der Waals surface area contributed by atoms with Crippen molar-refractivity contribution in [3.63, 3.8) is 0 Å². The fourth-order valence-corrected chi connectivity index (χ4v) is 3.63. The van der Waals surface area contributed by atoms with Crippen molar-refractivity contribution in [2.24, 2.45) is 0 Å². The number of fused-ring (bicyclic) bond motifs is 1. The second-order valence-electron chi connectivity index (χ2n) is 5.74. The van der Waals surface area contributed by atoms with Gasteiger partial charge in [0.05, 0.1) is 7.11 Å². The Kier molecular flexibility index (Phi) is 5.86. The molecule has 0 aliphatic rings. The van der Waals surface area contributed by atoms with Crippen molar-refractivity contribution in [3.8, 4) is 0 Å². The van der Waals surface area contributed by atoms with Gasteiger partial charge in [-0.1, -0.05) is 48.5 Å². The van der Waals surface area contributed by atoms with Crippen molar-refractivity contribution in [1.29, 1.82) is 0 Å². The summed E-state index contributed by atoms with van der Waals surface area (Å²) in [6.07, 6.45) is -0.305. The fraction of sp³-hybridized carbons (Fsp3) is 0.200. The molecule has 134 valence electrons. The van der Waals surface area contributed by atoms with Crippen molar-refractivity contribution in [3.05, 3.63) is 71.1 Å². The third-order valence-corrected chi connectivity index (χ3v) is 4.99. The predicted octanol–water partition coefficient (Wildman–Crippen LogP) is 3.91. The molecule has 1 atom stereocenters. The van der Waals surface area contributed by atoms with Crippen molar-refractivity contribution in [2.75, 3.05) is 7.11 Å². The predicted molar refractivity (Wildman–Crippen MR) is 101 cm³/mol. The highest BCUT2D eigenvalue weighted by Gasteiger charge is 2.24. The average molecular weight is 369 g/mol. The van der Waals surface area contributed by atoms with E-state index in [2.05, 4.69) is 5.32 Å². The molecule has 0 fully saturated rings. The molecule has 0 saturated carbocycles. The molecule has 1 amide bonds. The Labute approximate surface area is 155 Å². The van der Waals surface area contributed by atoms with Gasteiger partial charge in [-0.3, -0.25) is 0 Å². The molecular formula is C20H19NO4S. The van der Waals surface area contributed by atoms with E-state index in [1.54, 1.807) is 11.3 Å². The standard InChI is InChI=1S/C20H19NO4S/c1-24-19(22)17(11-15-13-26-18-10-6-5-9-16(15)18)21-20(23)25-12-14-7-3-2-4-8-14/h2-10,13,17H,11-12H2,1H3,(H,21,23)/t17-/m0/s1. The molecule has 6 heteroatoms. The van der Waals surface area contributed by atoms with Crippen LogP contribution in [0.4, 0.5) is 4.79 Å². The van der Waals surface area contributed by atoms with E-state index in [9.17, 15) is 9.59 Å². The molecule has 1 aromatic heterocycles. The summed E-state index contributed by atoms with van der Waals surface area (Å²) in [6, 6.07) is 16.5. The van der Waals surface area contributed by atoms with E-state index in [1.807, 2.05) is 60.0 Å². The van der Waals surface area contributed by atoms with Gasteiger partial charge in [-0.25, -0.2) is 9.59 Å². The van der Waals surface area contributed by atoms with Crippen molar-refractivity contribution in [2.45, 2.75) is 19.1 Å². The van der Waals surface area contributed by atoms with Gasteiger partial charge in [0.2, 0.25) is 0 Å². The minimum Gasteiger partial charge on any atom is -0.467 e. The van der Waals surface area contributed by atoms with Gasteiger partial charge in [0.1, 0.15) is 12.6 Å². The van der Waals surface area contributed by atoms with E-state index in [4.69, 9.17) is 9.47 Å². The Hall–Kier alpha value is -2.86. The Morgan fingerprint density at radius 1 is 1.08 bits per heavy atom. The minimum absolute atomic E-state index is 0.141. The largest absolute Gasteiger partial charge is 0.467 e. The van der Waals surface area contributed by atoms with Crippen LogP contribution in [0, 0.1) is 0 Å². The first kappa shape index (κ1) is 17.9. The molecule has 2 aromatic carbocycles. The zero-order valence-corrected chi connectivity index (χ0v) is 15.1. The van der Waals surface area contributed by atoms with Gasteiger partial charge < -0.3 is 14.8 Å². The van der Waals surface area contributed by atoms with Crippen molar-refractivity contribution in [1.82, 2.24) is 5.32 Å². The third-order valence-electron chi connectivity index (χ3n) is 3.98. The second-order valence-corrected chi connectivity index (χ2v) is 6.65. The Morgan fingerprint density at radius 2 is 1.81 bits per heavy atom. The number of carbonyl (C=O) groups is 2. The molecule has 0 saturated heterocycles. The lowest BCUT2D eigenvalue weighted by Gasteiger charge is -2.16. The molecule has 26 heavy (non-hydrogen) atoms. The summed E-state index contributed by atoms with van der Waals surface area (Å²) < 4.78 is 11.2. The number of benzene rings is 2. The summed E-state index contributed by atoms with van der Waals surface area (Å²) >= 11 is 1.61. The molecule has 0 spiro atoms. The van der Waals surface area contributed by atoms with E-state index < -0.39 is 18.1 Å². The summed E-state index contributed by atoms with van der Waals surface area (Å²) in [4.78, 5) is 24.2. The molecule has 3 rings (SSSR count). The number of thiophene rings is 1. The Bertz CT molecular complexity index is 891. The van der Waals surface area contributed by atoms with E-state index in [1.165, 1.54) is 7.11 Å². The van der Waals surface area contributed by atoms with Gasteiger partial charge in [-0.15, -0.1) is 11.3 Å². The number of hydrogen-bond acceptors (Lipinski definition) is 5. The molecule has 0 aliphatic heterocycles. The Morgan fingerprint density at radius 3 is 2.58 bits per heavy atom. The molecule has 5 nitrogen and oxygen atoms in total. The van der Waals surface area contributed by atoms with Crippen LogP contribution in [-0.2, 0) is 27.3 Å². The van der Waals surface area contributed by atoms with E-state index in [0.29, 0.717) is 6.42 Å². The SMILES string of the molecule is COC(=O)[C@H](Cc1csc2ccccc12)NC(=O)OCc1ccccc1. The first-order valence-corrected chi connectivity index (χ1v) is 9.05. The van der Waals surface area contributed by atoms with Crippen molar-refractivity contribution < 1.29 is 19.1 Å². The quantitative estimate of drug-likeness (QED) is 0.669. The highest BCUT2D eigenvalue weighted by atomic mass is 32.1. The van der Waals surface area contributed by atoms with E-state index in [-0.39, 0.29) is 6.61 Å². The van der Waals surface area contributed by atoms with Crippen LogP contribution in [0.15, 0.2) is 60.0 Å². The average Bonchev–Trinajstić information content (AvgIpc) is 3.09. The highest BCUT2D eigenvalue weighted by Crippen LogP contribution is 2.26. The number of methoxy groups -OCH3 is 1. The summed E-state index contributed by atoms with van der Waals surface area (Å²) in [6.45, 7) is 0.141. The van der Waals surface area contributed by atoms with Crippen LogP contribution >= 0.6 is 11.3 Å². The third kappa shape index (κ3) is 4.40. The van der Waals surface area contributed by atoms with E-state index in [0.717, 1.165) is 21.2 Å². The number of ether oxygens (including phenoxy) is 2. The number of hydrogen-bond donors (Lipinski definition) is 1. The van der Waals surface area contributed by atoms with Crippen LogP contribution in [0.25, 0.3) is 10.1 Å². The molecule has 0 aliphatic carbocycles. The molecule has 1 heterocycles. The van der Waals surface area contributed by atoms with Gasteiger partial charge in [-0.05, 0) is 28.0 Å². The monoisotopic (exact) mass is 369 g/mol. The van der Waals surface area contributed by atoms with Gasteiger partial charge in [-0.2, -0.15) is 0 Å². The first-order chi connectivity index (χ1) is 12.7. The summed E-state index contributed by atoms with van der Waals surface area (Å²) in [5, 5.41) is 5.68. The van der Waals surface area contributed by atoms with Crippen LogP contribution in [0.3, 0.4) is 0 Å². The smallest absolute Gasteiger partial charge is 0.408 e. The highest BCUT2D eigenvalue weighted by molar-refractivity contribution is 7.17. The van der Waals surface area contributed by atoms with Crippen LogP contribution < -0.4 is 5.32 Å². The zero-order valence-electron chi connectivity index (χ0n) is 14.3. The first-order valence-electron chi connectivity index (χ1n) is 8.17. The zero-order chi connectivity index (χ0) is 18.4. The maximum Gasteiger partial charge on any atom is 0.408 e. The number of amides is 1. The summed E-state index contributed by atoms with van der Waals surface area (Å²) in [5.41, 5.74) is 1.87. The maximum absolute atomic E-state index is 12.1. The second kappa shape index (κ2) is 8.49. The van der Waals surface area contributed by atoms with Crippen LogP contribution in [0.5, 0.6) is 0 Å². The van der Waals surface area contributed by atoms with Gasteiger partial charge >= 0.3 is 12.1 Å². The topological polar surface area (TPSA) is 64.6 Å². The van der Waals surface area contributed by atoms with Gasteiger partial charge in [0.25, 0.3) is 0 Å². The Balaban J connectivity index is 1.66. The molecule has 0 unspecified atom stereocenters. The molecule has 0 radical (unpaired) electrons. The number of esters is 1. The van der Waals surface area contributed by atoms with Crippen LogP contribution in [-0.4, -0.2) is 25.2 Å². The van der Waals surface area contributed by atoms with Crippen molar-refractivity contribution >= 4 is 33.5 Å². The molecule has 3 aromatic rings. The number of alkyl carbamates (subject to hydrolysis) is 1. The van der Waals surface area contributed by atoms with E-state index >= 15 is 0 Å². The molecule has 1 N–H and O–H groups in total. The normalized spacial score (nSPS) is 11.7. The maximum atomic E-state index is 12.1. The number of nitrogens with one attached hydrogen (secondary N) is 1. The van der Waals surface area contributed by atoms with Crippen LogP contribution in [0.1, 0.15) is 11.1 Å². The lowest BCUT2D eigenvalue weighted by atomic mass is 10.1. The number of carbonyl (C=O) groups excluding carboxylic acids is 2. The minimum atomic E-state index is -0.804. The van der Waals surface area contributed by atoms with Gasteiger partial charge in [0, 0.05) is 11.1 Å². The number of rotatable bonds is 6. The summed E-state index contributed by atoms with van der Waals surface area (Å²) in [5.74, 6) is -0.503. The fourth-order valence-electron chi connectivity index (χ4n) is 2.65. The lowest BCUT2D eigenvalue weighted by Crippen LogP contribution is -2.43. The summed E-state index contributed by atoms with van der Waals surface area (Å²) in [7, 11) is 1.30. The molecule has 0 bridgehead atoms.